The minimum Gasteiger partial charge on any atom is -0.497 e. The van der Waals surface area contributed by atoms with Crippen molar-refractivity contribution in [1.29, 1.82) is 0 Å². The van der Waals surface area contributed by atoms with Crippen LogP contribution in [0, 0.1) is 6.92 Å². The van der Waals surface area contributed by atoms with E-state index in [-0.39, 0.29) is 21.2 Å². The number of aryl methyl sites for hydroxylation is 1. The molecule has 1 aliphatic heterocycles. The van der Waals surface area contributed by atoms with E-state index >= 15 is 0 Å². The molecule has 3 aromatic rings. The molecule has 1 amide bonds. The maximum Gasteiger partial charge on any atom is 0.283 e. The van der Waals surface area contributed by atoms with Gasteiger partial charge in [0.2, 0.25) is 0 Å². The van der Waals surface area contributed by atoms with Gasteiger partial charge >= 0.3 is 0 Å². The Morgan fingerprint density at radius 1 is 1.03 bits per heavy atom. The lowest BCUT2D eigenvalue weighted by molar-refractivity contribution is 0.0716. The second-order valence-electron chi connectivity index (χ2n) is 7.55. The van der Waals surface area contributed by atoms with Crippen molar-refractivity contribution >= 4 is 27.5 Å². The Hall–Kier alpha value is -2.98. The normalized spacial score (nSPS) is 15.1. The number of amides is 1. The van der Waals surface area contributed by atoms with E-state index in [4.69, 9.17) is 4.74 Å². The number of carbonyl (C=O) groups is 1. The van der Waals surface area contributed by atoms with Crippen molar-refractivity contribution in [2.75, 3.05) is 20.2 Å². The summed E-state index contributed by atoms with van der Waals surface area (Å²) in [6.07, 6.45) is 2.91. The number of benzene rings is 2. The number of hydrogen-bond donors (Lipinski definition) is 0. The fourth-order valence-corrected chi connectivity index (χ4v) is 5.46. The van der Waals surface area contributed by atoms with Crippen molar-refractivity contribution in [1.82, 2.24) is 14.1 Å². The van der Waals surface area contributed by atoms with Gasteiger partial charge in [0.1, 0.15) is 5.75 Å². The van der Waals surface area contributed by atoms with Crippen LogP contribution in [0.3, 0.4) is 0 Å². The van der Waals surface area contributed by atoms with Gasteiger partial charge in [-0.05, 0) is 74.1 Å². The molecule has 0 saturated carbocycles. The van der Waals surface area contributed by atoms with E-state index < -0.39 is 10.0 Å². The number of carbonyl (C=O) groups excluding carboxylic acids is 1. The molecule has 0 aliphatic carbocycles. The van der Waals surface area contributed by atoms with E-state index in [1.165, 1.54) is 16.2 Å². The average molecular weight is 473 g/mol. The number of rotatable bonds is 5. The van der Waals surface area contributed by atoms with Crippen molar-refractivity contribution < 1.29 is 17.9 Å². The van der Waals surface area contributed by atoms with Crippen LogP contribution in [0.2, 0.25) is 0 Å². The van der Waals surface area contributed by atoms with Gasteiger partial charge in [-0.1, -0.05) is 17.7 Å². The molecular formula is C22H24N4O4S2. The van der Waals surface area contributed by atoms with E-state index in [9.17, 15) is 13.2 Å². The van der Waals surface area contributed by atoms with Crippen LogP contribution in [0.5, 0.6) is 5.75 Å². The predicted molar refractivity (Wildman–Crippen MR) is 122 cm³/mol. The van der Waals surface area contributed by atoms with E-state index in [1.54, 1.807) is 48.4 Å². The third-order valence-corrected chi connectivity index (χ3v) is 7.56. The number of ether oxygens (including phenoxy) is 1. The summed E-state index contributed by atoms with van der Waals surface area (Å²) in [6, 6.07) is 13.6. The molecule has 32 heavy (non-hydrogen) atoms. The highest BCUT2D eigenvalue weighted by Gasteiger charge is 2.25. The zero-order valence-corrected chi connectivity index (χ0v) is 19.5. The first-order valence-electron chi connectivity index (χ1n) is 10.3. The van der Waals surface area contributed by atoms with E-state index in [1.807, 2.05) is 6.92 Å². The van der Waals surface area contributed by atoms with Crippen LogP contribution in [-0.2, 0) is 10.0 Å². The molecule has 1 saturated heterocycles. The van der Waals surface area contributed by atoms with Gasteiger partial charge in [0.15, 0.2) is 10.4 Å². The lowest BCUT2D eigenvalue weighted by Gasteiger charge is -2.25. The predicted octanol–water partition coefficient (Wildman–Crippen LogP) is 3.17. The molecule has 168 valence electrons. The third kappa shape index (κ3) is 4.76. The highest BCUT2D eigenvalue weighted by molar-refractivity contribution is 7.90. The van der Waals surface area contributed by atoms with Gasteiger partial charge in [-0.25, -0.2) is 0 Å². The molecule has 0 N–H and O–H groups in total. The van der Waals surface area contributed by atoms with Gasteiger partial charge in [0.05, 0.1) is 17.7 Å². The zero-order chi connectivity index (χ0) is 22.7. The molecule has 0 bridgehead atoms. The molecule has 2 aromatic carbocycles. The molecule has 1 aliphatic rings. The SMILES string of the molecule is COc1ccc(-n2nc(C(=O)N3CCCCC3)c(=NS(=O)(=O)c3ccc(C)cc3)s2)cc1. The first-order valence-corrected chi connectivity index (χ1v) is 12.5. The van der Waals surface area contributed by atoms with Crippen LogP contribution in [0.25, 0.3) is 5.69 Å². The van der Waals surface area contributed by atoms with Gasteiger partial charge in [-0.15, -0.1) is 9.50 Å². The van der Waals surface area contributed by atoms with E-state index in [0.29, 0.717) is 24.5 Å². The van der Waals surface area contributed by atoms with Crippen molar-refractivity contribution in [3.63, 3.8) is 0 Å². The van der Waals surface area contributed by atoms with Gasteiger partial charge in [-0.2, -0.15) is 12.5 Å². The van der Waals surface area contributed by atoms with Gasteiger partial charge in [-0.3, -0.25) is 4.79 Å². The van der Waals surface area contributed by atoms with Gasteiger partial charge in [0, 0.05) is 13.1 Å². The van der Waals surface area contributed by atoms with Crippen LogP contribution in [0.1, 0.15) is 35.3 Å². The second-order valence-corrected chi connectivity index (χ2v) is 10.1. The Labute approximate surface area is 191 Å². The molecule has 1 fully saturated rings. The maximum absolute atomic E-state index is 13.2. The lowest BCUT2D eigenvalue weighted by Crippen LogP contribution is -2.38. The molecule has 2 heterocycles. The van der Waals surface area contributed by atoms with Crippen LogP contribution in [0.4, 0.5) is 0 Å². The zero-order valence-electron chi connectivity index (χ0n) is 17.9. The summed E-state index contributed by atoms with van der Waals surface area (Å²) < 4.78 is 36.7. The summed E-state index contributed by atoms with van der Waals surface area (Å²) in [6.45, 7) is 3.13. The first-order chi connectivity index (χ1) is 15.4. The van der Waals surface area contributed by atoms with E-state index in [2.05, 4.69) is 9.50 Å². The first kappa shape index (κ1) is 22.2. The third-order valence-electron chi connectivity index (χ3n) is 5.23. The van der Waals surface area contributed by atoms with Crippen LogP contribution >= 0.6 is 11.5 Å². The van der Waals surface area contributed by atoms with E-state index in [0.717, 1.165) is 36.4 Å². The summed E-state index contributed by atoms with van der Waals surface area (Å²) in [5, 5.41) is 4.45. The number of aromatic nitrogens is 2. The fraction of sp³-hybridized carbons (Fsp3) is 0.318. The van der Waals surface area contributed by atoms with Crippen molar-refractivity contribution in [2.24, 2.45) is 4.40 Å². The summed E-state index contributed by atoms with van der Waals surface area (Å²) in [5.41, 5.74) is 1.67. The number of nitrogens with zero attached hydrogens (tertiary/aromatic N) is 4. The van der Waals surface area contributed by atoms with Crippen LogP contribution in [-0.4, -0.2) is 48.6 Å². The molecule has 0 unspecified atom stereocenters. The lowest BCUT2D eigenvalue weighted by atomic mass is 10.1. The van der Waals surface area contributed by atoms with Crippen molar-refractivity contribution in [3.05, 3.63) is 64.5 Å². The molecule has 0 spiro atoms. The second kappa shape index (κ2) is 9.25. The summed E-state index contributed by atoms with van der Waals surface area (Å²) in [5.74, 6) is 0.383. The largest absolute Gasteiger partial charge is 0.497 e. The molecule has 8 nitrogen and oxygen atoms in total. The highest BCUT2D eigenvalue weighted by Crippen LogP contribution is 2.18. The molecule has 10 heteroatoms. The molecule has 4 rings (SSSR count). The van der Waals surface area contributed by atoms with Crippen LogP contribution in [0.15, 0.2) is 57.8 Å². The molecule has 0 atom stereocenters. The van der Waals surface area contributed by atoms with Crippen molar-refractivity contribution in [3.8, 4) is 11.4 Å². The smallest absolute Gasteiger partial charge is 0.283 e. The number of sulfonamides is 1. The number of hydrogen-bond acceptors (Lipinski definition) is 6. The van der Waals surface area contributed by atoms with Crippen molar-refractivity contribution in [2.45, 2.75) is 31.1 Å². The minimum absolute atomic E-state index is 0.0448. The Bertz CT molecular complexity index is 1270. The monoisotopic (exact) mass is 472 g/mol. The standard InChI is InChI=1S/C22H24N4O4S2/c1-16-6-12-19(13-7-16)32(28,29)24-21-20(22(27)25-14-4-3-5-15-25)23-26(31-21)17-8-10-18(30-2)11-9-17/h6-13H,3-5,14-15H2,1-2H3. The molecular weight excluding hydrogens is 448 g/mol. The topological polar surface area (TPSA) is 93.9 Å². The van der Waals surface area contributed by atoms with Gasteiger partial charge in [0.25, 0.3) is 15.9 Å². The Balaban J connectivity index is 1.81. The molecule has 1 aromatic heterocycles. The summed E-state index contributed by atoms with van der Waals surface area (Å²) >= 11 is 1.01. The van der Waals surface area contributed by atoms with Crippen LogP contribution < -0.4 is 9.41 Å². The highest BCUT2D eigenvalue weighted by atomic mass is 32.2. The minimum atomic E-state index is -4.01. The maximum atomic E-state index is 13.2. The summed E-state index contributed by atoms with van der Waals surface area (Å²) in [7, 11) is -2.43. The average Bonchev–Trinajstić information content (AvgIpc) is 3.22. The fourth-order valence-electron chi connectivity index (χ4n) is 3.41. The Kier molecular flexibility index (Phi) is 6.43. The Morgan fingerprint density at radius 3 is 2.31 bits per heavy atom. The summed E-state index contributed by atoms with van der Waals surface area (Å²) in [4.78, 5) is 15.0. The molecule has 0 radical (unpaired) electrons. The number of piperidine rings is 1. The number of likely N-dealkylation sites (tertiary alicyclic amines) is 1. The number of methoxy groups -OCH3 is 1. The van der Waals surface area contributed by atoms with Gasteiger partial charge < -0.3 is 9.64 Å². The quantitative estimate of drug-likeness (QED) is 0.569. The Morgan fingerprint density at radius 2 is 1.69 bits per heavy atom.